The number of hydrogen-bond acceptors (Lipinski definition) is 1. The van der Waals surface area contributed by atoms with E-state index in [1.807, 2.05) is 0 Å². The molecule has 1 N–H and O–H groups in total. The Labute approximate surface area is 134 Å². The lowest BCUT2D eigenvalue weighted by Crippen LogP contribution is -2.33. The normalized spacial score (nSPS) is 18.8. The second-order valence-electron chi connectivity index (χ2n) is 5.57. The zero-order chi connectivity index (χ0) is 13.9. The van der Waals surface area contributed by atoms with E-state index in [1.54, 1.807) is 11.1 Å². The van der Waals surface area contributed by atoms with Gasteiger partial charge < -0.3 is 5.32 Å². The molecule has 2 heteroatoms. The van der Waals surface area contributed by atoms with Gasteiger partial charge in [0.25, 0.3) is 0 Å². The second kappa shape index (κ2) is 6.27. The highest BCUT2D eigenvalue weighted by Gasteiger charge is 2.28. The second-order valence-corrected chi connectivity index (χ2v) is 6.82. The molecule has 2 unspecified atom stereocenters. The lowest BCUT2D eigenvalue weighted by atomic mass is 9.89. The Morgan fingerprint density at radius 1 is 1.15 bits per heavy atom. The van der Waals surface area contributed by atoms with Crippen LogP contribution >= 0.6 is 22.6 Å². The van der Waals surface area contributed by atoms with Crippen molar-refractivity contribution in [3.05, 3.63) is 68.8 Å². The van der Waals surface area contributed by atoms with Gasteiger partial charge in [0, 0.05) is 15.5 Å². The molecule has 3 rings (SSSR count). The number of benzene rings is 2. The van der Waals surface area contributed by atoms with E-state index < -0.39 is 0 Å². The molecular formula is C18H20IN. The summed E-state index contributed by atoms with van der Waals surface area (Å²) in [5, 5.41) is 3.55. The molecule has 0 fully saturated rings. The van der Waals surface area contributed by atoms with Crippen molar-refractivity contribution in [1.82, 2.24) is 5.32 Å². The fourth-order valence-corrected chi connectivity index (χ4v) is 3.69. The Kier molecular flexibility index (Phi) is 4.41. The van der Waals surface area contributed by atoms with Crippen LogP contribution in [0, 0.1) is 3.57 Å². The highest BCUT2D eigenvalue weighted by atomic mass is 127. The van der Waals surface area contributed by atoms with Crippen LogP contribution in [0.25, 0.3) is 0 Å². The first-order valence-electron chi connectivity index (χ1n) is 7.27. The summed E-state index contributed by atoms with van der Waals surface area (Å²) in [6.45, 7) is 0. The van der Waals surface area contributed by atoms with Gasteiger partial charge in [-0.05, 0) is 77.7 Å². The molecule has 104 valence electrons. The van der Waals surface area contributed by atoms with Crippen molar-refractivity contribution in [2.24, 2.45) is 0 Å². The molecule has 0 aliphatic heterocycles. The molecule has 0 radical (unpaired) electrons. The van der Waals surface area contributed by atoms with Gasteiger partial charge in [0.2, 0.25) is 0 Å². The molecule has 0 bridgehead atoms. The van der Waals surface area contributed by atoms with Crippen molar-refractivity contribution in [2.75, 3.05) is 7.05 Å². The van der Waals surface area contributed by atoms with Gasteiger partial charge in [0.15, 0.2) is 0 Å². The zero-order valence-electron chi connectivity index (χ0n) is 11.8. The van der Waals surface area contributed by atoms with Crippen LogP contribution in [-0.2, 0) is 12.8 Å². The highest BCUT2D eigenvalue weighted by Crippen LogP contribution is 2.36. The standard InChI is InChI=1S/C18H20IN/c1-20-18(12-13-6-9-15(19)10-7-13)17-11-8-14-4-2-3-5-16(14)17/h2-7,9-10,17-18,20H,8,11-12H2,1H3. The van der Waals surface area contributed by atoms with Crippen molar-refractivity contribution >= 4 is 22.6 Å². The number of halogens is 1. The van der Waals surface area contributed by atoms with Gasteiger partial charge in [-0.2, -0.15) is 0 Å². The van der Waals surface area contributed by atoms with Gasteiger partial charge in [0.05, 0.1) is 0 Å². The topological polar surface area (TPSA) is 12.0 Å². The first-order valence-corrected chi connectivity index (χ1v) is 8.35. The Morgan fingerprint density at radius 2 is 1.90 bits per heavy atom. The number of fused-ring (bicyclic) bond motifs is 1. The highest BCUT2D eigenvalue weighted by molar-refractivity contribution is 14.1. The van der Waals surface area contributed by atoms with Crippen molar-refractivity contribution in [3.8, 4) is 0 Å². The van der Waals surface area contributed by atoms with Crippen LogP contribution in [0.3, 0.4) is 0 Å². The molecule has 2 atom stereocenters. The van der Waals surface area contributed by atoms with E-state index in [0.29, 0.717) is 12.0 Å². The quantitative estimate of drug-likeness (QED) is 0.790. The van der Waals surface area contributed by atoms with Crippen LogP contribution in [0.5, 0.6) is 0 Å². The molecule has 0 amide bonds. The molecule has 0 spiro atoms. The third-order valence-electron chi connectivity index (χ3n) is 4.40. The number of nitrogens with one attached hydrogen (secondary N) is 1. The third kappa shape index (κ3) is 2.91. The molecule has 0 saturated heterocycles. The minimum atomic E-state index is 0.527. The largest absolute Gasteiger partial charge is 0.316 e. The van der Waals surface area contributed by atoms with Crippen molar-refractivity contribution < 1.29 is 0 Å². The van der Waals surface area contributed by atoms with E-state index in [0.717, 1.165) is 6.42 Å². The first kappa shape index (κ1) is 14.1. The predicted molar refractivity (Wildman–Crippen MR) is 93.2 cm³/mol. The lowest BCUT2D eigenvalue weighted by Gasteiger charge is -2.24. The van der Waals surface area contributed by atoms with Gasteiger partial charge in [-0.15, -0.1) is 0 Å². The molecule has 0 aromatic heterocycles. The van der Waals surface area contributed by atoms with Crippen molar-refractivity contribution in [3.63, 3.8) is 0 Å². The minimum Gasteiger partial charge on any atom is -0.316 e. The summed E-state index contributed by atoms with van der Waals surface area (Å²) >= 11 is 2.36. The fourth-order valence-electron chi connectivity index (χ4n) is 3.33. The van der Waals surface area contributed by atoms with Gasteiger partial charge in [-0.25, -0.2) is 0 Å². The Morgan fingerprint density at radius 3 is 2.65 bits per heavy atom. The summed E-state index contributed by atoms with van der Waals surface area (Å²) in [4.78, 5) is 0. The number of aryl methyl sites for hydroxylation is 1. The van der Waals surface area contributed by atoms with E-state index in [2.05, 4.69) is 83.5 Å². The Bertz CT molecular complexity index is 576. The van der Waals surface area contributed by atoms with E-state index in [4.69, 9.17) is 0 Å². The van der Waals surface area contributed by atoms with Crippen LogP contribution in [0.1, 0.15) is 29.0 Å². The minimum absolute atomic E-state index is 0.527. The fraction of sp³-hybridized carbons (Fsp3) is 0.333. The SMILES string of the molecule is CNC(Cc1ccc(I)cc1)C1CCc2ccccc21. The first-order chi connectivity index (χ1) is 9.78. The third-order valence-corrected chi connectivity index (χ3v) is 5.12. The summed E-state index contributed by atoms with van der Waals surface area (Å²) in [7, 11) is 2.10. The zero-order valence-corrected chi connectivity index (χ0v) is 13.9. The molecule has 2 aromatic rings. The van der Waals surface area contributed by atoms with Gasteiger partial charge in [0.1, 0.15) is 0 Å². The summed E-state index contributed by atoms with van der Waals surface area (Å²) in [6, 6.07) is 18.4. The van der Waals surface area contributed by atoms with E-state index >= 15 is 0 Å². The maximum absolute atomic E-state index is 3.55. The van der Waals surface area contributed by atoms with Crippen LogP contribution in [0.15, 0.2) is 48.5 Å². The molecule has 1 aliphatic carbocycles. The number of likely N-dealkylation sites (N-methyl/N-ethyl adjacent to an activating group) is 1. The smallest absolute Gasteiger partial charge is 0.0173 e. The molecule has 0 saturated carbocycles. The average molecular weight is 377 g/mol. The summed E-state index contributed by atoms with van der Waals surface area (Å²) < 4.78 is 1.30. The summed E-state index contributed by atoms with van der Waals surface area (Å²) in [5.74, 6) is 0.649. The van der Waals surface area contributed by atoms with Gasteiger partial charge in [-0.1, -0.05) is 36.4 Å². The van der Waals surface area contributed by atoms with Crippen LogP contribution in [0.2, 0.25) is 0 Å². The van der Waals surface area contributed by atoms with Crippen molar-refractivity contribution in [2.45, 2.75) is 31.2 Å². The Balaban J connectivity index is 1.79. The molecule has 0 heterocycles. The molecular weight excluding hydrogens is 357 g/mol. The van der Waals surface area contributed by atoms with Gasteiger partial charge in [-0.3, -0.25) is 0 Å². The average Bonchev–Trinajstić information content (AvgIpc) is 2.91. The van der Waals surface area contributed by atoms with Crippen LogP contribution in [0.4, 0.5) is 0 Å². The predicted octanol–water partition coefficient (Wildman–Crippen LogP) is 4.15. The number of hydrogen-bond donors (Lipinski definition) is 1. The molecule has 1 aliphatic rings. The van der Waals surface area contributed by atoms with E-state index in [1.165, 1.54) is 22.0 Å². The van der Waals surface area contributed by atoms with Gasteiger partial charge >= 0.3 is 0 Å². The Hall–Kier alpha value is -0.870. The van der Waals surface area contributed by atoms with Crippen molar-refractivity contribution in [1.29, 1.82) is 0 Å². The maximum atomic E-state index is 3.55. The van der Waals surface area contributed by atoms with Crippen LogP contribution in [-0.4, -0.2) is 13.1 Å². The summed E-state index contributed by atoms with van der Waals surface area (Å²) in [5.41, 5.74) is 4.52. The van der Waals surface area contributed by atoms with E-state index in [-0.39, 0.29) is 0 Å². The lowest BCUT2D eigenvalue weighted by molar-refractivity contribution is 0.456. The molecule has 2 aromatic carbocycles. The van der Waals surface area contributed by atoms with E-state index in [9.17, 15) is 0 Å². The maximum Gasteiger partial charge on any atom is 0.0173 e. The number of rotatable bonds is 4. The molecule has 20 heavy (non-hydrogen) atoms. The summed E-state index contributed by atoms with van der Waals surface area (Å²) in [6.07, 6.45) is 3.60. The monoisotopic (exact) mass is 377 g/mol. The van der Waals surface area contributed by atoms with Crippen LogP contribution < -0.4 is 5.32 Å². The molecule has 1 nitrogen and oxygen atoms in total.